The SMILES string of the molecule is Cc1cccc(C(=O)N2CC3(CCN(c4ccc(C#N)c(C(F)(F)F)c4)CC3)CC2C(=O)N(C)C)n1. The molecule has 0 saturated carbocycles. The monoisotopic (exact) mass is 499 g/mol. The van der Waals surface area contributed by atoms with Gasteiger partial charge in [-0.1, -0.05) is 6.07 Å². The van der Waals surface area contributed by atoms with Crippen LogP contribution in [0.4, 0.5) is 18.9 Å². The molecule has 2 saturated heterocycles. The van der Waals surface area contributed by atoms with E-state index >= 15 is 0 Å². The summed E-state index contributed by atoms with van der Waals surface area (Å²) in [5, 5.41) is 9.07. The van der Waals surface area contributed by atoms with Crippen LogP contribution in [0.25, 0.3) is 0 Å². The predicted octanol–water partition coefficient (Wildman–Crippen LogP) is 3.87. The van der Waals surface area contributed by atoms with Gasteiger partial charge in [-0.25, -0.2) is 4.98 Å². The van der Waals surface area contributed by atoms with E-state index in [1.165, 1.54) is 17.0 Å². The van der Waals surface area contributed by atoms with Gasteiger partial charge in [0.1, 0.15) is 11.7 Å². The van der Waals surface area contributed by atoms with Crippen molar-refractivity contribution in [2.24, 2.45) is 5.41 Å². The van der Waals surface area contributed by atoms with Gasteiger partial charge in [0, 0.05) is 45.1 Å². The maximum Gasteiger partial charge on any atom is 0.417 e. The third-order valence-electron chi connectivity index (χ3n) is 7.22. The summed E-state index contributed by atoms with van der Waals surface area (Å²) in [6.45, 7) is 3.15. The number of nitriles is 1. The van der Waals surface area contributed by atoms with Crippen LogP contribution < -0.4 is 4.90 Å². The fourth-order valence-corrected chi connectivity index (χ4v) is 5.26. The van der Waals surface area contributed by atoms with Crippen molar-refractivity contribution in [3.05, 3.63) is 58.9 Å². The number of hydrogen-bond donors (Lipinski definition) is 0. The van der Waals surface area contributed by atoms with E-state index in [1.54, 1.807) is 50.2 Å². The Bertz CT molecular complexity index is 1210. The summed E-state index contributed by atoms with van der Waals surface area (Å²) < 4.78 is 40.3. The van der Waals surface area contributed by atoms with Crippen LogP contribution in [-0.2, 0) is 11.0 Å². The highest BCUT2D eigenvalue weighted by atomic mass is 19.4. The third kappa shape index (κ3) is 4.87. The minimum Gasteiger partial charge on any atom is -0.371 e. The first-order valence-corrected chi connectivity index (χ1v) is 11.8. The Labute approximate surface area is 208 Å². The van der Waals surface area contributed by atoms with Crippen molar-refractivity contribution in [1.29, 1.82) is 5.26 Å². The lowest BCUT2D eigenvalue weighted by Crippen LogP contribution is -2.46. The fraction of sp³-hybridized carbons (Fsp3) is 0.462. The molecule has 2 aliphatic heterocycles. The smallest absolute Gasteiger partial charge is 0.371 e. The maximum atomic E-state index is 13.4. The van der Waals surface area contributed by atoms with Crippen LogP contribution in [0.2, 0.25) is 0 Å². The summed E-state index contributed by atoms with van der Waals surface area (Å²) >= 11 is 0. The Hall–Kier alpha value is -3.61. The number of carbonyl (C=O) groups is 2. The molecule has 0 bridgehead atoms. The zero-order valence-corrected chi connectivity index (χ0v) is 20.5. The second kappa shape index (κ2) is 9.45. The summed E-state index contributed by atoms with van der Waals surface area (Å²) in [5.41, 5.74) is -0.252. The van der Waals surface area contributed by atoms with Crippen LogP contribution in [0, 0.1) is 23.7 Å². The zero-order chi connectivity index (χ0) is 26.3. The van der Waals surface area contributed by atoms with Crippen LogP contribution in [0.15, 0.2) is 36.4 Å². The molecule has 190 valence electrons. The van der Waals surface area contributed by atoms with E-state index in [9.17, 15) is 22.8 Å². The highest BCUT2D eigenvalue weighted by Gasteiger charge is 2.50. The number of carbonyl (C=O) groups excluding carboxylic acids is 2. The molecule has 10 heteroatoms. The lowest BCUT2D eigenvalue weighted by Gasteiger charge is -2.40. The Morgan fingerprint density at radius 2 is 1.86 bits per heavy atom. The molecule has 2 amide bonds. The van der Waals surface area contributed by atoms with Crippen molar-refractivity contribution in [3.63, 3.8) is 0 Å². The molecule has 7 nitrogen and oxygen atoms in total. The van der Waals surface area contributed by atoms with Crippen molar-refractivity contribution in [3.8, 4) is 6.07 Å². The lowest BCUT2D eigenvalue weighted by molar-refractivity contribution is -0.137. The molecule has 1 aromatic carbocycles. The molecule has 2 fully saturated rings. The first-order chi connectivity index (χ1) is 16.9. The Morgan fingerprint density at radius 1 is 1.17 bits per heavy atom. The third-order valence-corrected chi connectivity index (χ3v) is 7.22. The normalized spacial score (nSPS) is 19.3. The van der Waals surface area contributed by atoms with Gasteiger partial charge in [-0.15, -0.1) is 0 Å². The summed E-state index contributed by atoms with van der Waals surface area (Å²) in [5.74, 6) is -0.447. The number of pyridine rings is 1. The van der Waals surface area contributed by atoms with Gasteiger partial charge in [-0.3, -0.25) is 9.59 Å². The number of amides is 2. The first kappa shape index (κ1) is 25.5. The van der Waals surface area contributed by atoms with E-state index in [4.69, 9.17) is 5.26 Å². The van der Waals surface area contributed by atoms with E-state index < -0.39 is 23.3 Å². The second-order valence-electron chi connectivity index (χ2n) is 9.88. The van der Waals surface area contributed by atoms with Crippen LogP contribution >= 0.6 is 0 Å². The topological polar surface area (TPSA) is 80.5 Å². The highest BCUT2D eigenvalue weighted by molar-refractivity contribution is 5.96. The number of aryl methyl sites for hydroxylation is 1. The van der Waals surface area contributed by atoms with Crippen LogP contribution in [0.1, 0.15) is 46.6 Å². The number of piperidine rings is 1. The number of likely N-dealkylation sites (tertiary alicyclic amines) is 1. The van der Waals surface area contributed by atoms with E-state index in [0.717, 1.165) is 6.07 Å². The number of anilines is 1. The molecule has 0 radical (unpaired) electrons. The Balaban J connectivity index is 1.55. The standard InChI is InChI=1S/C26H28F3N5O2/c1-17-5-4-6-21(31-17)23(35)34-16-25(14-22(34)24(36)32(2)3)9-11-33(12-10-25)19-8-7-18(15-30)20(13-19)26(27,28)29/h4-8,13,22H,9-12,14,16H2,1-3H3. The molecule has 4 rings (SSSR count). The lowest BCUT2D eigenvalue weighted by atomic mass is 9.76. The number of likely N-dealkylation sites (N-methyl/N-ethyl adjacent to an activating group) is 1. The van der Waals surface area contributed by atoms with Gasteiger partial charge < -0.3 is 14.7 Å². The average molecular weight is 500 g/mol. The fourth-order valence-electron chi connectivity index (χ4n) is 5.26. The number of nitrogens with zero attached hydrogens (tertiary/aromatic N) is 5. The van der Waals surface area contributed by atoms with Gasteiger partial charge in [-0.05, 0) is 61.9 Å². The van der Waals surface area contributed by atoms with Crippen molar-refractivity contribution in [2.45, 2.75) is 38.4 Å². The van der Waals surface area contributed by atoms with Gasteiger partial charge >= 0.3 is 6.18 Å². The number of benzene rings is 1. The molecular formula is C26H28F3N5O2. The molecule has 36 heavy (non-hydrogen) atoms. The molecule has 1 spiro atoms. The van der Waals surface area contributed by atoms with Crippen LogP contribution in [0.5, 0.6) is 0 Å². The molecular weight excluding hydrogens is 471 g/mol. The van der Waals surface area contributed by atoms with Crippen molar-refractivity contribution in [1.82, 2.24) is 14.8 Å². The van der Waals surface area contributed by atoms with Gasteiger partial charge in [0.15, 0.2) is 0 Å². The van der Waals surface area contributed by atoms with Gasteiger partial charge in [0.25, 0.3) is 5.91 Å². The van der Waals surface area contributed by atoms with Gasteiger partial charge in [0.2, 0.25) is 5.91 Å². The minimum atomic E-state index is -4.62. The largest absolute Gasteiger partial charge is 0.417 e. The number of alkyl halides is 3. The predicted molar refractivity (Wildman–Crippen MR) is 127 cm³/mol. The summed E-state index contributed by atoms with van der Waals surface area (Å²) in [6.07, 6.45) is -2.88. The van der Waals surface area contributed by atoms with Crippen LogP contribution in [0.3, 0.4) is 0 Å². The summed E-state index contributed by atoms with van der Waals surface area (Å²) in [6, 6.07) is 9.97. The van der Waals surface area contributed by atoms with Crippen molar-refractivity contribution < 1.29 is 22.8 Å². The quantitative estimate of drug-likeness (QED) is 0.641. The van der Waals surface area contributed by atoms with E-state index in [1.807, 2.05) is 4.90 Å². The minimum absolute atomic E-state index is 0.155. The van der Waals surface area contributed by atoms with Crippen molar-refractivity contribution in [2.75, 3.05) is 38.6 Å². The highest BCUT2D eigenvalue weighted by Crippen LogP contribution is 2.45. The molecule has 1 aromatic heterocycles. The number of aromatic nitrogens is 1. The first-order valence-electron chi connectivity index (χ1n) is 11.8. The molecule has 0 aliphatic carbocycles. The molecule has 0 N–H and O–H groups in total. The Kier molecular flexibility index (Phi) is 6.69. The molecule has 1 unspecified atom stereocenters. The molecule has 1 atom stereocenters. The second-order valence-corrected chi connectivity index (χ2v) is 9.88. The van der Waals surface area contributed by atoms with E-state index in [2.05, 4.69) is 4.98 Å². The molecule has 2 aromatic rings. The van der Waals surface area contributed by atoms with Crippen LogP contribution in [-0.4, -0.2) is 66.4 Å². The van der Waals surface area contributed by atoms with E-state index in [-0.39, 0.29) is 17.2 Å². The van der Waals surface area contributed by atoms with E-state index in [0.29, 0.717) is 56.0 Å². The number of hydrogen-bond acceptors (Lipinski definition) is 5. The zero-order valence-electron chi connectivity index (χ0n) is 20.5. The summed E-state index contributed by atoms with van der Waals surface area (Å²) in [4.78, 5) is 35.7. The number of halogens is 3. The van der Waals surface area contributed by atoms with Gasteiger partial charge in [0.05, 0.1) is 17.2 Å². The molecule has 3 heterocycles. The summed E-state index contributed by atoms with van der Waals surface area (Å²) in [7, 11) is 3.32. The Morgan fingerprint density at radius 3 is 2.44 bits per heavy atom. The van der Waals surface area contributed by atoms with Gasteiger partial charge in [-0.2, -0.15) is 18.4 Å². The molecule has 2 aliphatic rings. The number of rotatable bonds is 3. The maximum absolute atomic E-state index is 13.4. The average Bonchev–Trinajstić information content (AvgIpc) is 3.21. The van der Waals surface area contributed by atoms with Crippen molar-refractivity contribution >= 4 is 17.5 Å².